The van der Waals surface area contributed by atoms with Crippen molar-refractivity contribution in [3.63, 3.8) is 0 Å². The van der Waals surface area contributed by atoms with Gasteiger partial charge in [-0.2, -0.15) is 10.5 Å². The summed E-state index contributed by atoms with van der Waals surface area (Å²) in [5, 5.41) is 19.0. The number of halogens is 2. The number of para-hydroxylation sites is 1. The lowest BCUT2D eigenvalue weighted by Crippen LogP contribution is -2.49. The van der Waals surface area contributed by atoms with Crippen LogP contribution in [-0.4, -0.2) is 37.0 Å². The van der Waals surface area contributed by atoms with Gasteiger partial charge in [-0.3, -0.25) is 4.79 Å². The maximum Gasteiger partial charge on any atom is 0.264 e. The summed E-state index contributed by atoms with van der Waals surface area (Å²) in [7, 11) is 0. The summed E-state index contributed by atoms with van der Waals surface area (Å²) in [5.41, 5.74) is 3.43. The number of piperazine rings is 1. The molecule has 3 aromatic carbocycles. The molecule has 4 rings (SSSR count). The van der Waals surface area contributed by atoms with Crippen molar-refractivity contribution in [2.45, 2.75) is 6.61 Å². The van der Waals surface area contributed by atoms with E-state index in [4.69, 9.17) is 4.74 Å². The average Bonchev–Trinajstić information content (AvgIpc) is 2.91. The molecule has 8 heteroatoms. The predicted octanol–water partition coefficient (Wildman–Crippen LogP) is 5.60. The van der Waals surface area contributed by atoms with Crippen molar-refractivity contribution in [3.8, 4) is 17.9 Å². The molecule has 1 aliphatic heterocycles. The number of carbonyl (C=O) groups is 1. The molecule has 0 aromatic heterocycles. The van der Waals surface area contributed by atoms with Gasteiger partial charge in [0.15, 0.2) is 0 Å². The van der Waals surface area contributed by atoms with E-state index in [1.807, 2.05) is 48.5 Å². The van der Waals surface area contributed by atoms with Gasteiger partial charge in [-0.25, -0.2) is 0 Å². The normalized spacial score (nSPS) is 13.6. The first-order valence-electron chi connectivity index (χ1n) is 11.3. The summed E-state index contributed by atoms with van der Waals surface area (Å²) in [6, 6.07) is 25.6. The summed E-state index contributed by atoms with van der Waals surface area (Å²) < 4.78 is 7.76. The second-order valence-corrected chi connectivity index (χ2v) is 10.5. The molecule has 1 amide bonds. The highest BCUT2D eigenvalue weighted by atomic mass is 127. The van der Waals surface area contributed by atoms with Crippen molar-refractivity contribution >= 4 is 62.9 Å². The number of nitriles is 2. The zero-order chi connectivity index (χ0) is 25.5. The SMILES string of the molecule is N#C/C(=C/c1cc(I)c(OCc2ccccc2C#N)c(I)c1)C(=O)N1CCN(c2ccccc2)CC1. The molecule has 180 valence electrons. The van der Waals surface area contributed by atoms with Crippen LogP contribution in [0.2, 0.25) is 0 Å². The Labute approximate surface area is 238 Å². The summed E-state index contributed by atoms with van der Waals surface area (Å²) in [6.07, 6.45) is 1.64. The lowest BCUT2D eigenvalue weighted by molar-refractivity contribution is -0.126. The fraction of sp³-hybridized carbons (Fsp3) is 0.179. The Morgan fingerprint density at radius 1 is 0.944 bits per heavy atom. The van der Waals surface area contributed by atoms with E-state index >= 15 is 0 Å². The van der Waals surface area contributed by atoms with Gasteiger partial charge < -0.3 is 14.5 Å². The molecule has 0 bridgehead atoms. The third kappa shape index (κ3) is 6.18. The van der Waals surface area contributed by atoms with Crippen LogP contribution in [0.5, 0.6) is 5.75 Å². The quantitative estimate of drug-likeness (QED) is 0.190. The Morgan fingerprint density at radius 3 is 2.22 bits per heavy atom. The molecule has 0 spiro atoms. The first kappa shape index (κ1) is 26.0. The van der Waals surface area contributed by atoms with Crippen LogP contribution >= 0.6 is 45.2 Å². The van der Waals surface area contributed by atoms with Crippen molar-refractivity contribution < 1.29 is 9.53 Å². The number of nitrogens with zero attached hydrogens (tertiary/aromatic N) is 4. The van der Waals surface area contributed by atoms with Crippen LogP contribution in [0.25, 0.3) is 6.08 Å². The minimum Gasteiger partial charge on any atom is -0.487 e. The molecule has 1 heterocycles. The highest BCUT2D eigenvalue weighted by Crippen LogP contribution is 2.31. The maximum absolute atomic E-state index is 13.1. The van der Waals surface area contributed by atoms with Crippen LogP contribution in [0.1, 0.15) is 16.7 Å². The molecule has 36 heavy (non-hydrogen) atoms. The van der Waals surface area contributed by atoms with Gasteiger partial charge in [0.2, 0.25) is 0 Å². The predicted molar refractivity (Wildman–Crippen MR) is 156 cm³/mol. The van der Waals surface area contributed by atoms with Crippen LogP contribution in [0.15, 0.2) is 72.3 Å². The number of carbonyl (C=O) groups excluding carboxylic acids is 1. The van der Waals surface area contributed by atoms with Crippen molar-refractivity contribution in [2.24, 2.45) is 0 Å². The summed E-state index contributed by atoms with van der Waals surface area (Å²) >= 11 is 4.38. The summed E-state index contributed by atoms with van der Waals surface area (Å²) in [6.45, 7) is 2.87. The van der Waals surface area contributed by atoms with Crippen LogP contribution in [0.3, 0.4) is 0 Å². The largest absolute Gasteiger partial charge is 0.487 e. The Bertz CT molecular complexity index is 1350. The van der Waals surface area contributed by atoms with Gasteiger partial charge in [0.1, 0.15) is 24.0 Å². The minimum atomic E-state index is -0.247. The second-order valence-electron chi connectivity index (χ2n) is 8.16. The van der Waals surface area contributed by atoms with Crippen molar-refractivity contribution in [1.29, 1.82) is 10.5 Å². The zero-order valence-corrected chi connectivity index (χ0v) is 23.6. The van der Waals surface area contributed by atoms with Gasteiger partial charge in [0, 0.05) is 37.4 Å². The first-order valence-corrected chi connectivity index (χ1v) is 13.5. The van der Waals surface area contributed by atoms with E-state index in [9.17, 15) is 15.3 Å². The fourth-order valence-corrected chi connectivity index (χ4v) is 6.12. The first-order chi connectivity index (χ1) is 17.5. The number of anilines is 1. The number of amides is 1. The molecule has 0 N–H and O–H groups in total. The van der Waals surface area contributed by atoms with E-state index in [-0.39, 0.29) is 18.1 Å². The van der Waals surface area contributed by atoms with Gasteiger partial charge in [-0.15, -0.1) is 0 Å². The standard InChI is InChI=1S/C28H22I2N4O2/c29-25-15-20(16-26(30)27(25)36-19-22-7-5-4-6-21(22)17-31)14-23(18-32)28(35)34-12-10-33(11-13-34)24-8-2-1-3-9-24/h1-9,14-16H,10-13,19H2/b23-14-. The number of hydrogen-bond donors (Lipinski definition) is 0. The molecule has 0 unspecified atom stereocenters. The number of rotatable bonds is 6. The van der Waals surface area contributed by atoms with E-state index < -0.39 is 0 Å². The van der Waals surface area contributed by atoms with E-state index in [1.54, 1.807) is 17.0 Å². The molecule has 0 aliphatic carbocycles. The molecule has 0 saturated carbocycles. The van der Waals surface area contributed by atoms with Gasteiger partial charge in [0.05, 0.1) is 18.8 Å². The summed E-state index contributed by atoms with van der Waals surface area (Å²) in [5.74, 6) is 0.464. The molecular formula is C28H22I2N4O2. The third-order valence-corrected chi connectivity index (χ3v) is 7.48. The second kappa shape index (κ2) is 12.2. The van der Waals surface area contributed by atoms with E-state index in [2.05, 4.69) is 74.4 Å². The molecule has 0 radical (unpaired) electrons. The van der Waals surface area contributed by atoms with Crippen molar-refractivity contribution in [1.82, 2.24) is 4.90 Å². The topological polar surface area (TPSA) is 80.4 Å². The van der Waals surface area contributed by atoms with E-state index in [0.29, 0.717) is 24.4 Å². The number of ether oxygens (including phenoxy) is 1. The molecule has 1 aliphatic rings. The molecule has 1 fully saturated rings. The zero-order valence-electron chi connectivity index (χ0n) is 19.3. The van der Waals surface area contributed by atoms with Gasteiger partial charge in [-0.1, -0.05) is 36.4 Å². The highest BCUT2D eigenvalue weighted by molar-refractivity contribution is 14.1. The Kier molecular flexibility index (Phi) is 8.83. The molecule has 6 nitrogen and oxygen atoms in total. The van der Waals surface area contributed by atoms with Crippen LogP contribution in [0.4, 0.5) is 5.69 Å². The number of hydrogen-bond acceptors (Lipinski definition) is 5. The lowest BCUT2D eigenvalue weighted by Gasteiger charge is -2.36. The van der Waals surface area contributed by atoms with Crippen molar-refractivity contribution in [2.75, 3.05) is 31.1 Å². The minimum absolute atomic E-state index is 0.117. The highest BCUT2D eigenvalue weighted by Gasteiger charge is 2.24. The van der Waals surface area contributed by atoms with Crippen LogP contribution in [-0.2, 0) is 11.4 Å². The molecule has 3 aromatic rings. The average molecular weight is 700 g/mol. The van der Waals surface area contributed by atoms with Gasteiger partial charge in [-0.05, 0) is 87.2 Å². The Morgan fingerprint density at radius 2 is 1.58 bits per heavy atom. The summed E-state index contributed by atoms with van der Waals surface area (Å²) in [4.78, 5) is 17.1. The fourth-order valence-electron chi connectivity index (χ4n) is 3.99. The van der Waals surface area contributed by atoms with Crippen LogP contribution in [0, 0.1) is 29.8 Å². The monoisotopic (exact) mass is 700 g/mol. The smallest absolute Gasteiger partial charge is 0.264 e. The third-order valence-electron chi connectivity index (χ3n) is 5.88. The van der Waals surface area contributed by atoms with Crippen LogP contribution < -0.4 is 9.64 Å². The molecule has 0 atom stereocenters. The van der Waals surface area contributed by atoms with Gasteiger partial charge >= 0.3 is 0 Å². The maximum atomic E-state index is 13.1. The Balaban J connectivity index is 1.45. The molecular weight excluding hydrogens is 678 g/mol. The number of benzene rings is 3. The van der Waals surface area contributed by atoms with E-state index in [0.717, 1.165) is 37.0 Å². The lowest BCUT2D eigenvalue weighted by atomic mass is 10.1. The van der Waals surface area contributed by atoms with E-state index in [1.165, 1.54) is 0 Å². The van der Waals surface area contributed by atoms with Crippen molar-refractivity contribution in [3.05, 3.63) is 96.1 Å². The molecule has 1 saturated heterocycles. The van der Waals surface area contributed by atoms with Gasteiger partial charge in [0.25, 0.3) is 5.91 Å². The Hall–Kier alpha value is -3.09.